The average molecular weight is 314 g/mol. The molecular weight excluding hydrogens is 292 g/mol. The molecule has 0 saturated carbocycles. The fourth-order valence-corrected chi connectivity index (χ4v) is 3.01. The molecule has 2 heterocycles. The Morgan fingerprint density at radius 3 is 2.70 bits per heavy atom. The number of benzene rings is 1. The Kier molecular flexibility index (Phi) is 4.32. The lowest BCUT2D eigenvalue weighted by atomic mass is 10.1. The Morgan fingerprint density at radius 1 is 1.30 bits per heavy atom. The number of hydrogen-bond donors (Lipinski definition) is 0. The monoisotopic (exact) mass is 314 g/mol. The van der Waals surface area contributed by atoms with Gasteiger partial charge in [0.15, 0.2) is 5.82 Å². The zero-order valence-electron chi connectivity index (χ0n) is 13.8. The molecule has 1 aromatic heterocycles. The van der Waals surface area contributed by atoms with Gasteiger partial charge in [0.05, 0.1) is 17.9 Å². The summed E-state index contributed by atoms with van der Waals surface area (Å²) in [6.07, 6.45) is 0.759. The minimum absolute atomic E-state index is 0.0669. The first-order valence-corrected chi connectivity index (χ1v) is 8.02. The van der Waals surface area contributed by atoms with Gasteiger partial charge in [-0.25, -0.2) is 0 Å². The van der Waals surface area contributed by atoms with E-state index in [4.69, 9.17) is 4.52 Å². The predicted molar refractivity (Wildman–Crippen MR) is 88.4 cm³/mol. The van der Waals surface area contributed by atoms with Crippen LogP contribution in [0.1, 0.15) is 32.5 Å². The van der Waals surface area contributed by atoms with Gasteiger partial charge in [-0.2, -0.15) is 4.98 Å². The minimum Gasteiger partial charge on any atom is -0.360 e. The number of rotatable bonds is 3. The number of anilines is 2. The number of nitrogens with zero attached hydrogens (tertiary/aromatic N) is 4. The van der Waals surface area contributed by atoms with E-state index in [-0.39, 0.29) is 5.91 Å². The van der Waals surface area contributed by atoms with Gasteiger partial charge in [0.25, 0.3) is 0 Å². The van der Waals surface area contributed by atoms with Crippen LogP contribution in [0.2, 0.25) is 0 Å². The molecule has 122 valence electrons. The quantitative estimate of drug-likeness (QED) is 0.871. The molecule has 2 aromatic rings. The second-order valence-corrected chi connectivity index (χ2v) is 6.06. The van der Waals surface area contributed by atoms with Crippen LogP contribution in [0.5, 0.6) is 0 Å². The number of aromatic nitrogens is 2. The van der Waals surface area contributed by atoms with Crippen molar-refractivity contribution in [3.8, 4) is 0 Å². The van der Waals surface area contributed by atoms with Gasteiger partial charge >= 0.3 is 0 Å². The van der Waals surface area contributed by atoms with E-state index < -0.39 is 0 Å². The van der Waals surface area contributed by atoms with E-state index in [1.54, 1.807) is 6.92 Å². The summed E-state index contributed by atoms with van der Waals surface area (Å²) in [4.78, 5) is 20.5. The highest BCUT2D eigenvalue weighted by molar-refractivity contribution is 5.95. The number of carbonyl (C=O) groups is 1. The second-order valence-electron chi connectivity index (χ2n) is 6.06. The molecule has 6 nitrogen and oxygen atoms in total. The molecular formula is C17H22N4O2. The van der Waals surface area contributed by atoms with Gasteiger partial charge in [-0.05, 0) is 18.1 Å². The summed E-state index contributed by atoms with van der Waals surface area (Å²) < 4.78 is 5.34. The lowest BCUT2D eigenvalue weighted by Crippen LogP contribution is -2.33. The van der Waals surface area contributed by atoms with Gasteiger partial charge in [0.1, 0.15) is 0 Å². The van der Waals surface area contributed by atoms with E-state index >= 15 is 0 Å². The van der Waals surface area contributed by atoms with Crippen molar-refractivity contribution in [3.63, 3.8) is 0 Å². The van der Waals surface area contributed by atoms with Gasteiger partial charge in [-0.15, -0.1) is 0 Å². The first-order chi connectivity index (χ1) is 11.1. The largest absolute Gasteiger partial charge is 0.360 e. The smallest absolute Gasteiger partial charge is 0.246 e. The molecule has 3 rings (SSSR count). The van der Waals surface area contributed by atoms with E-state index in [1.807, 2.05) is 36.1 Å². The Hall–Kier alpha value is -2.37. The number of aryl methyl sites for hydroxylation is 1. The van der Waals surface area contributed by atoms with Crippen molar-refractivity contribution >= 4 is 17.3 Å². The van der Waals surface area contributed by atoms with Crippen LogP contribution in [-0.4, -0.2) is 29.1 Å². The SMILES string of the molecule is CCc1noc(CN2C[C@@H](C)CN(C(C)=O)c3ccccc32)n1. The highest BCUT2D eigenvalue weighted by Gasteiger charge is 2.27. The Labute approximate surface area is 136 Å². The van der Waals surface area contributed by atoms with Gasteiger partial charge < -0.3 is 14.3 Å². The number of para-hydroxylation sites is 2. The van der Waals surface area contributed by atoms with Crippen molar-refractivity contribution < 1.29 is 9.32 Å². The van der Waals surface area contributed by atoms with Crippen molar-refractivity contribution in [1.29, 1.82) is 0 Å². The molecule has 1 aromatic carbocycles. The van der Waals surface area contributed by atoms with Crippen LogP contribution in [0.15, 0.2) is 28.8 Å². The van der Waals surface area contributed by atoms with Crippen molar-refractivity contribution in [2.24, 2.45) is 5.92 Å². The van der Waals surface area contributed by atoms with Crippen LogP contribution < -0.4 is 9.80 Å². The van der Waals surface area contributed by atoms with Crippen molar-refractivity contribution in [2.45, 2.75) is 33.7 Å². The summed E-state index contributed by atoms with van der Waals surface area (Å²) in [5.41, 5.74) is 1.97. The molecule has 0 bridgehead atoms. The molecule has 1 amide bonds. The van der Waals surface area contributed by atoms with Crippen LogP contribution in [0.3, 0.4) is 0 Å². The molecule has 1 aliphatic heterocycles. The van der Waals surface area contributed by atoms with Crippen LogP contribution >= 0.6 is 0 Å². The maximum absolute atomic E-state index is 12.0. The Balaban J connectivity index is 1.95. The molecule has 1 aliphatic rings. The minimum atomic E-state index is 0.0669. The van der Waals surface area contributed by atoms with Crippen LogP contribution in [0.4, 0.5) is 11.4 Å². The molecule has 0 aliphatic carbocycles. The van der Waals surface area contributed by atoms with E-state index in [1.165, 1.54) is 0 Å². The Morgan fingerprint density at radius 2 is 2.04 bits per heavy atom. The molecule has 0 saturated heterocycles. The normalized spacial score (nSPS) is 17.8. The fraction of sp³-hybridized carbons (Fsp3) is 0.471. The van der Waals surface area contributed by atoms with Gasteiger partial charge in [0.2, 0.25) is 11.8 Å². The molecule has 0 N–H and O–H groups in total. The maximum Gasteiger partial charge on any atom is 0.246 e. The summed E-state index contributed by atoms with van der Waals surface area (Å²) in [6, 6.07) is 7.99. The van der Waals surface area contributed by atoms with Gasteiger partial charge in [-0.3, -0.25) is 4.79 Å². The zero-order chi connectivity index (χ0) is 16.4. The Bertz CT molecular complexity index is 697. The predicted octanol–water partition coefficient (Wildman–Crippen LogP) is 2.64. The van der Waals surface area contributed by atoms with Crippen LogP contribution in [-0.2, 0) is 17.8 Å². The first-order valence-electron chi connectivity index (χ1n) is 8.02. The van der Waals surface area contributed by atoms with Crippen molar-refractivity contribution in [1.82, 2.24) is 10.1 Å². The fourth-order valence-electron chi connectivity index (χ4n) is 3.01. The van der Waals surface area contributed by atoms with Gasteiger partial charge in [-0.1, -0.05) is 31.1 Å². The standard InChI is InChI=1S/C17H22N4O2/c1-4-16-18-17(23-19-16)11-20-9-12(2)10-21(13(3)22)15-8-6-5-7-14(15)20/h5-8,12H,4,9-11H2,1-3H3/t12-/m1/s1. The zero-order valence-corrected chi connectivity index (χ0v) is 13.8. The summed E-state index contributed by atoms with van der Waals surface area (Å²) >= 11 is 0. The third kappa shape index (κ3) is 3.21. The lowest BCUT2D eigenvalue weighted by molar-refractivity contribution is -0.116. The number of hydrogen-bond acceptors (Lipinski definition) is 5. The molecule has 0 radical (unpaired) electrons. The summed E-state index contributed by atoms with van der Waals surface area (Å²) in [7, 11) is 0. The van der Waals surface area contributed by atoms with Gasteiger partial charge in [0, 0.05) is 26.4 Å². The molecule has 1 atom stereocenters. The maximum atomic E-state index is 12.0. The van der Waals surface area contributed by atoms with Crippen LogP contribution in [0, 0.1) is 5.92 Å². The van der Waals surface area contributed by atoms with E-state index in [0.717, 1.165) is 30.2 Å². The van der Waals surface area contributed by atoms with E-state index in [0.29, 0.717) is 24.9 Å². The van der Waals surface area contributed by atoms with Crippen LogP contribution in [0.25, 0.3) is 0 Å². The summed E-state index contributed by atoms with van der Waals surface area (Å²) in [5.74, 6) is 1.75. The first kappa shape index (κ1) is 15.5. The second kappa shape index (κ2) is 6.40. The molecule has 23 heavy (non-hydrogen) atoms. The molecule has 0 unspecified atom stereocenters. The highest BCUT2D eigenvalue weighted by atomic mass is 16.5. The topological polar surface area (TPSA) is 62.5 Å². The summed E-state index contributed by atoms with van der Waals surface area (Å²) in [6.45, 7) is 7.88. The molecule has 0 fully saturated rings. The third-order valence-electron chi connectivity index (χ3n) is 4.07. The van der Waals surface area contributed by atoms with E-state index in [2.05, 4.69) is 22.0 Å². The van der Waals surface area contributed by atoms with Crippen molar-refractivity contribution in [2.75, 3.05) is 22.9 Å². The molecule has 6 heteroatoms. The third-order valence-corrected chi connectivity index (χ3v) is 4.07. The molecule has 0 spiro atoms. The number of carbonyl (C=O) groups excluding carboxylic acids is 1. The number of fused-ring (bicyclic) bond motifs is 1. The number of amides is 1. The van der Waals surface area contributed by atoms with E-state index in [9.17, 15) is 4.79 Å². The van der Waals surface area contributed by atoms with Crippen molar-refractivity contribution in [3.05, 3.63) is 36.0 Å². The average Bonchev–Trinajstić information content (AvgIpc) is 2.93. The summed E-state index contributed by atoms with van der Waals surface area (Å²) in [5, 5.41) is 3.96. The lowest BCUT2D eigenvalue weighted by Gasteiger charge is -2.25. The highest BCUT2D eigenvalue weighted by Crippen LogP contribution is 2.34.